The Morgan fingerprint density at radius 1 is 1.50 bits per heavy atom. The van der Waals surface area contributed by atoms with E-state index < -0.39 is 23.6 Å². The Morgan fingerprint density at radius 2 is 2.11 bits per heavy atom. The fourth-order valence-corrected chi connectivity index (χ4v) is 1.54. The van der Waals surface area contributed by atoms with Crippen LogP contribution in [0, 0.1) is 0 Å². The van der Waals surface area contributed by atoms with Crippen molar-refractivity contribution in [1.29, 1.82) is 0 Å². The third kappa shape index (κ3) is 2.92. The number of rotatable bonds is 4. The first-order chi connectivity index (χ1) is 8.31. The highest BCUT2D eigenvalue weighted by atomic mass is 19.4. The first-order valence-electron chi connectivity index (χ1n) is 4.99. The number of alkyl halides is 3. The first-order valence-corrected chi connectivity index (χ1v) is 4.99. The topological polar surface area (TPSA) is 72.5 Å². The maximum Gasteiger partial charge on any atom is 0.419 e. The van der Waals surface area contributed by atoms with E-state index in [0.29, 0.717) is 0 Å². The van der Waals surface area contributed by atoms with Gasteiger partial charge in [0.05, 0.1) is 18.6 Å². The van der Waals surface area contributed by atoms with Crippen LogP contribution in [0.1, 0.15) is 17.0 Å². The standard InChI is InChI=1S/C11H12F3NO3/c1-18-9-3-2-6(7(5-15)10(16)17)4-8(9)11(12,13)14/h2-4,7H,5,15H2,1H3,(H,16,17). The minimum Gasteiger partial charge on any atom is -0.496 e. The molecule has 0 heterocycles. The smallest absolute Gasteiger partial charge is 0.419 e. The van der Waals surface area contributed by atoms with E-state index >= 15 is 0 Å². The minimum absolute atomic E-state index is 0.00174. The summed E-state index contributed by atoms with van der Waals surface area (Å²) in [5.74, 6) is -2.79. The van der Waals surface area contributed by atoms with Gasteiger partial charge in [-0.25, -0.2) is 0 Å². The van der Waals surface area contributed by atoms with Gasteiger partial charge in [-0.2, -0.15) is 13.2 Å². The van der Waals surface area contributed by atoms with E-state index in [-0.39, 0.29) is 17.9 Å². The fourth-order valence-electron chi connectivity index (χ4n) is 1.54. The summed E-state index contributed by atoms with van der Waals surface area (Å²) in [7, 11) is 1.11. The highest BCUT2D eigenvalue weighted by molar-refractivity contribution is 5.76. The van der Waals surface area contributed by atoms with Crippen LogP contribution < -0.4 is 10.5 Å². The Labute approximate surface area is 101 Å². The molecule has 1 unspecified atom stereocenters. The third-order valence-electron chi connectivity index (χ3n) is 2.47. The van der Waals surface area contributed by atoms with Crippen LogP contribution in [0.3, 0.4) is 0 Å². The van der Waals surface area contributed by atoms with Gasteiger partial charge < -0.3 is 15.6 Å². The van der Waals surface area contributed by atoms with Gasteiger partial charge in [-0.3, -0.25) is 4.79 Å². The fraction of sp³-hybridized carbons (Fsp3) is 0.364. The molecule has 0 aliphatic rings. The zero-order chi connectivity index (χ0) is 13.9. The van der Waals surface area contributed by atoms with Crippen molar-refractivity contribution in [3.8, 4) is 5.75 Å². The van der Waals surface area contributed by atoms with Crippen molar-refractivity contribution in [2.45, 2.75) is 12.1 Å². The molecule has 0 bridgehead atoms. The second-order valence-electron chi connectivity index (χ2n) is 3.58. The molecule has 0 aliphatic heterocycles. The molecule has 1 aromatic carbocycles. The lowest BCUT2D eigenvalue weighted by atomic mass is 9.97. The van der Waals surface area contributed by atoms with Crippen molar-refractivity contribution in [1.82, 2.24) is 0 Å². The molecule has 1 aromatic rings. The summed E-state index contributed by atoms with van der Waals surface area (Å²) in [4.78, 5) is 10.9. The molecule has 4 nitrogen and oxygen atoms in total. The number of benzene rings is 1. The number of nitrogens with two attached hydrogens (primary N) is 1. The van der Waals surface area contributed by atoms with Gasteiger partial charge in [0.25, 0.3) is 0 Å². The van der Waals surface area contributed by atoms with Gasteiger partial charge in [0.15, 0.2) is 0 Å². The van der Waals surface area contributed by atoms with Crippen molar-refractivity contribution in [2.75, 3.05) is 13.7 Å². The molecule has 0 saturated heterocycles. The molecule has 0 amide bonds. The molecular weight excluding hydrogens is 251 g/mol. The molecule has 0 fully saturated rings. The Bertz CT molecular complexity index is 446. The molecule has 0 aliphatic carbocycles. The van der Waals surface area contributed by atoms with E-state index in [1.54, 1.807) is 0 Å². The van der Waals surface area contributed by atoms with Crippen LogP contribution in [0.15, 0.2) is 18.2 Å². The van der Waals surface area contributed by atoms with Crippen molar-refractivity contribution >= 4 is 5.97 Å². The molecule has 1 rings (SSSR count). The van der Waals surface area contributed by atoms with Crippen LogP contribution >= 0.6 is 0 Å². The van der Waals surface area contributed by atoms with Crippen LogP contribution in [0.2, 0.25) is 0 Å². The first kappa shape index (κ1) is 14.3. The van der Waals surface area contributed by atoms with Crippen molar-refractivity contribution in [2.24, 2.45) is 5.73 Å². The summed E-state index contributed by atoms with van der Waals surface area (Å²) in [5, 5.41) is 8.85. The number of hydrogen-bond acceptors (Lipinski definition) is 3. The normalized spacial score (nSPS) is 13.2. The molecule has 1 atom stereocenters. The highest BCUT2D eigenvalue weighted by Gasteiger charge is 2.35. The lowest BCUT2D eigenvalue weighted by Gasteiger charge is -2.16. The lowest BCUT2D eigenvalue weighted by Crippen LogP contribution is -2.21. The van der Waals surface area contributed by atoms with Gasteiger partial charge in [-0.1, -0.05) is 6.07 Å². The number of halogens is 3. The van der Waals surface area contributed by atoms with E-state index in [2.05, 4.69) is 4.74 Å². The quantitative estimate of drug-likeness (QED) is 0.869. The number of carboxylic acids is 1. The number of aliphatic carboxylic acids is 1. The summed E-state index contributed by atoms with van der Waals surface area (Å²) in [6, 6.07) is 3.11. The predicted octanol–water partition coefficient (Wildman–Crippen LogP) is 1.84. The predicted molar refractivity (Wildman–Crippen MR) is 57.4 cm³/mol. The average Bonchev–Trinajstić information content (AvgIpc) is 2.28. The van der Waals surface area contributed by atoms with Crippen LogP contribution in [0.4, 0.5) is 13.2 Å². The second kappa shape index (κ2) is 5.26. The van der Waals surface area contributed by atoms with Gasteiger partial charge in [0.2, 0.25) is 0 Å². The number of hydrogen-bond donors (Lipinski definition) is 2. The minimum atomic E-state index is -4.61. The van der Waals surface area contributed by atoms with Crippen LogP contribution in [-0.2, 0) is 11.0 Å². The van der Waals surface area contributed by atoms with Crippen molar-refractivity contribution in [3.05, 3.63) is 29.3 Å². The van der Waals surface area contributed by atoms with Gasteiger partial charge in [0.1, 0.15) is 5.75 Å². The van der Waals surface area contributed by atoms with Gasteiger partial charge in [-0.05, 0) is 17.7 Å². The summed E-state index contributed by atoms with van der Waals surface area (Å²) in [5.41, 5.74) is 4.23. The number of ether oxygens (including phenoxy) is 1. The third-order valence-corrected chi connectivity index (χ3v) is 2.47. The summed E-state index contributed by atoms with van der Waals surface area (Å²) >= 11 is 0. The zero-order valence-electron chi connectivity index (χ0n) is 9.49. The molecular formula is C11H12F3NO3. The molecule has 0 spiro atoms. The van der Waals surface area contributed by atoms with Crippen LogP contribution in [-0.4, -0.2) is 24.7 Å². The number of carboxylic acid groups (broad SMARTS) is 1. The molecule has 0 saturated carbocycles. The molecule has 7 heteroatoms. The van der Waals surface area contributed by atoms with Crippen LogP contribution in [0.5, 0.6) is 5.75 Å². The summed E-state index contributed by atoms with van der Waals surface area (Å²) in [6.07, 6.45) is -4.61. The largest absolute Gasteiger partial charge is 0.496 e. The van der Waals surface area contributed by atoms with Crippen molar-refractivity contribution < 1.29 is 27.8 Å². The molecule has 18 heavy (non-hydrogen) atoms. The maximum absolute atomic E-state index is 12.7. The van der Waals surface area contributed by atoms with Crippen molar-refractivity contribution in [3.63, 3.8) is 0 Å². The maximum atomic E-state index is 12.7. The Hall–Kier alpha value is -1.76. The summed E-state index contributed by atoms with van der Waals surface area (Å²) < 4.78 is 42.8. The Morgan fingerprint density at radius 3 is 2.50 bits per heavy atom. The highest BCUT2D eigenvalue weighted by Crippen LogP contribution is 2.37. The Balaban J connectivity index is 3.30. The van der Waals surface area contributed by atoms with Gasteiger partial charge in [0, 0.05) is 6.54 Å². The second-order valence-corrected chi connectivity index (χ2v) is 3.58. The van der Waals surface area contributed by atoms with E-state index in [0.717, 1.165) is 19.2 Å². The van der Waals surface area contributed by atoms with E-state index in [9.17, 15) is 18.0 Å². The van der Waals surface area contributed by atoms with E-state index in [4.69, 9.17) is 10.8 Å². The SMILES string of the molecule is COc1ccc(C(CN)C(=O)O)cc1C(F)(F)F. The van der Waals surface area contributed by atoms with E-state index in [1.807, 2.05) is 0 Å². The van der Waals surface area contributed by atoms with Gasteiger partial charge in [-0.15, -0.1) is 0 Å². The molecule has 3 N–H and O–H groups in total. The molecule has 0 aromatic heterocycles. The van der Waals surface area contributed by atoms with Crippen LogP contribution in [0.25, 0.3) is 0 Å². The molecule has 100 valence electrons. The number of carbonyl (C=O) groups is 1. The monoisotopic (exact) mass is 263 g/mol. The van der Waals surface area contributed by atoms with Gasteiger partial charge >= 0.3 is 12.1 Å². The zero-order valence-corrected chi connectivity index (χ0v) is 9.49. The van der Waals surface area contributed by atoms with E-state index in [1.165, 1.54) is 6.07 Å². The number of methoxy groups -OCH3 is 1. The Kier molecular flexibility index (Phi) is 4.18. The average molecular weight is 263 g/mol. The molecule has 0 radical (unpaired) electrons. The summed E-state index contributed by atoms with van der Waals surface area (Å²) in [6.45, 7) is -0.279. The lowest BCUT2D eigenvalue weighted by molar-refractivity contribution is -0.140.